The molecule has 0 aliphatic heterocycles. The van der Waals surface area contributed by atoms with E-state index >= 15 is 0 Å². The van der Waals surface area contributed by atoms with Crippen LogP contribution in [0.2, 0.25) is 0 Å². The van der Waals surface area contributed by atoms with E-state index in [0.29, 0.717) is 23.9 Å². The van der Waals surface area contributed by atoms with Gasteiger partial charge in [0.1, 0.15) is 5.75 Å². The molecule has 0 unspecified atom stereocenters. The minimum atomic E-state index is -0.371. The SMILES string of the molecule is CCOc1ccccc1NC(=O)Nc1n[nH]c2ccccc12. The molecule has 3 rings (SSSR count). The van der Waals surface area contributed by atoms with Crippen molar-refractivity contribution in [2.75, 3.05) is 17.2 Å². The molecular formula is C16H16N4O2. The van der Waals surface area contributed by atoms with Gasteiger partial charge in [-0.2, -0.15) is 5.10 Å². The maximum Gasteiger partial charge on any atom is 0.325 e. The second-order valence-electron chi connectivity index (χ2n) is 4.63. The van der Waals surface area contributed by atoms with Crippen molar-refractivity contribution in [1.82, 2.24) is 10.2 Å². The quantitative estimate of drug-likeness (QED) is 0.688. The summed E-state index contributed by atoms with van der Waals surface area (Å²) in [5, 5.41) is 13.3. The van der Waals surface area contributed by atoms with Crippen LogP contribution >= 0.6 is 0 Å². The first-order valence-corrected chi connectivity index (χ1v) is 7.01. The van der Waals surface area contributed by atoms with Crippen LogP contribution in [0.25, 0.3) is 10.9 Å². The molecule has 3 N–H and O–H groups in total. The lowest BCUT2D eigenvalue weighted by Gasteiger charge is -2.11. The zero-order chi connectivity index (χ0) is 15.4. The van der Waals surface area contributed by atoms with E-state index in [0.717, 1.165) is 10.9 Å². The van der Waals surface area contributed by atoms with Crippen molar-refractivity contribution in [2.45, 2.75) is 6.92 Å². The van der Waals surface area contributed by atoms with Crippen molar-refractivity contribution in [2.24, 2.45) is 0 Å². The van der Waals surface area contributed by atoms with E-state index in [1.54, 1.807) is 6.07 Å². The molecule has 0 saturated heterocycles. The van der Waals surface area contributed by atoms with Crippen LogP contribution in [0.15, 0.2) is 48.5 Å². The lowest BCUT2D eigenvalue weighted by molar-refractivity contribution is 0.262. The van der Waals surface area contributed by atoms with Crippen molar-refractivity contribution < 1.29 is 9.53 Å². The largest absolute Gasteiger partial charge is 0.492 e. The summed E-state index contributed by atoms with van der Waals surface area (Å²) in [6.07, 6.45) is 0. The summed E-state index contributed by atoms with van der Waals surface area (Å²) in [6, 6.07) is 14.5. The molecule has 22 heavy (non-hydrogen) atoms. The van der Waals surface area contributed by atoms with Gasteiger partial charge in [0, 0.05) is 5.39 Å². The third kappa shape index (κ3) is 2.85. The number of nitrogens with one attached hydrogen (secondary N) is 3. The fourth-order valence-electron chi connectivity index (χ4n) is 2.17. The van der Waals surface area contributed by atoms with Gasteiger partial charge in [0.2, 0.25) is 0 Å². The van der Waals surface area contributed by atoms with E-state index in [1.165, 1.54) is 0 Å². The lowest BCUT2D eigenvalue weighted by atomic mass is 10.2. The van der Waals surface area contributed by atoms with Crippen LogP contribution in [-0.2, 0) is 0 Å². The molecule has 0 radical (unpaired) electrons. The highest BCUT2D eigenvalue weighted by Gasteiger charge is 2.11. The summed E-state index contributed by atoms with van der Waals surface area (Å²) in [7, 11) is 0. The topological polar surface area (TPSA) is 79.0 Å². The van der Waals surface area contributed by atoms with Gasteiger partial charge >= 0.3 is 6.03 Å². The molecule has 1 aromatic heterocycles. The average molecular weight is 296 g/mol. The molecule has 0 bridgehead atoms. The smallest absolute Gasteiger partial charge is 0.325 e. The van der Waals surface area contributed by atoms with Crippen LogP contribution in [0.3, 0.4) is 0 Å². The van der Waals surface area contributed by atoms with Crippen LogP contribution in [0, 0.1) is 0 Å². The number of carbonyl (C=O) groups excluding carboxylic acids is 1. The normalized spacial score (nSPS) is 10.4. The van der Waals surface area contributed by atoms with Crippen LogP contribution in [0.4, 0.5) is 16.3 Å². The van der Waals surface area contributed by atoms with Crippen molar-refractivity contribution in [3.05, 3.63) is 48.5 Å². The second-order valence-corrected chi connectivity index (χ2v) is 4.63. The molecule has 1 heterocycles. The Labute approximate surface area is 127 Å². The van der Waals surface area contributed by atoms with Gasteiger partial charge in [-0.1, -0.05) is 24.3 Å². The number of ether oxygens (including phenoxy) is 1. The third-order valence-electron chi connectivity index (χ3n) is 3.14. The van der Waals surface area contributed by atoms with E-state index < -0.39 is 0 Å². The molecule has 2 aromatic carbocycles. The predicted octanol–water partition coefficient (Wildman–Crippen LogP) is 3.61. The predicted molar refractivity (Wildman–Crippen MR) is 86.3 cm³/mol. The van der Waals surface area contributed by atoms with Gasteiger partial charge in [-0.25, -0.2) is 4.79 Å². The number of benzene rings is 2. The van der Waals surface area contributed by atoms with E-state index in [2.05, 4.69) is 20.8 Å². The average Bonchev–Trinajstić information content (AvgIpc) is 2.93. The Morgan fingerprint density at radius 3 is 2.77 bits per heavy atom. The molecule has 112 valence electrons. The molecule has 6 nitrogen and oxygen atoms in total. The number of para-hydroxylation sites is 3. The van der Waals surface area contributed by atoms with Crippen LogP contribution in [0.1, 0.15) is 6.92 Å². The zero-order valence-electron chi connectivity index (χ0n) is 12.1. The summed E-state index contributed by atoms with van der Waals surface area (Å²) in [5.74, 6) is 1.12. The number of H-pyrrole nitrogens is 1. The molecule has 0 fully saturated rings. The first kappa shape index (κ1) is 13.9. The van der Waals surface area contributed by atoms with Crippen molar-refractivity contribution in [3.63, 3.8) is 0 Å². The number of amides is 2. The van der Waals surface area contributed by atoms with Gasteiger partial charge < -0.3 is 10.1 Å². The zero-order valence-corrected chi connectivity index (χ0v) is 12.1. The van der Waals surface area contributed by atoms with Crippen molar-refractivity contribution in [3.8, 4) is 5.75 Å². The second kappa shape index (κ2) is 6.17. The van der Waals surface area contributed by atoms with Gasteiger partial charge in [0.05, 0.1) is 17.8 Å². The van der Waals surface area contributed by atoms with Gasteiger partial charge in [0.15, 0.2) is 5.82 Å². The number of rotatable bonds is 4. The van der Waals surface area contributed by atoms with Gasteiger partial charge in [0.25, 0.3) is 0 Å². The number of fused-ring (bicyclic) bond motifs is 1. The van der Waals surface area contributed by atoms with Gasteiger partial charge in [-0.05, 0) is 31.2 Å². The number of anilines is 2. The molecule has 6 heteroatoms. The third-order valence-corrected chi connectivity index (χ3v) is 3.14. The summed E-state index contributed by atoms with van der Waals surface area (Å²) in [5.41, 5.74) is 1.48. The Balaban J connectivity index is 1.75. The maximum absolute atomic E-state index is 12.1. The molecule has 3 aromatic rings. The highest BCUT2D eigenvalue weighted by atomic mass is 16.5. The van der Waals surface area contributed by atoms with Gasteiger partial charge in [-0.3, -0.25) is 10.4 Å². The van der Waals surface area contributed by atoms with Crippen LogP contribution < -0.4 is 15.4 Å². The van der Waals surface area contributed by atoms with E-state index in [4.69, 9.17) is 4.74 Å². The summed E-state index contributed by atoms with van der Waals surface area (Å²) in [6.45, 7) is 2.43. The summed E-state index contributed by atoms with van der Waals surface area (Å²) >= 11 is 0. The van der Waals surface area contributed by atoms with E-state index in [9.17, 15) is 4.79 Å². The minimum Gasteiger partial charge on any atom is -0.492 e. The van der Waals surface area contributed by atoms with Crippen molar-refractivity contribution >= 4 is 28.4 Å². The lowest BCUT2D eigenvalue weighted by Crippen LogP contribution is -2.20. The van der Waals surface area contributed by atoms with Crippen molar-refractivity contribution in [1.29, 1.82) is 0 Å². The van der Waals surface area contributed by atoms with Gasteiger partial charge in [-0.15, -0.1) is 0 Å². The summed E-state index contributed by atoms with van der Waals surface area (Å²) in [4.78, 5) is 12.1. The number of carbonyl (C=O) groups is 1. The Morgan fingerprint density at radius 1 is 1.14 bits per heavy atom. The highest BCUT2D eigenvalue weighted by molar-refractivity contribution is 6.05. The number of aromatic amines is 1. The molecule has 0 saturated carbocycles. The fraction of sp³-hybridized carbons (Fsp3) is 0.125. The standard InChI is InChI=1S/C16H16N4O2/c1-2-22-14-10-6-5-9-13(14)17-16(21)18-15-11-7-3-4-8-12(11)19-20-15/h3-10H,2H2,1H3,(H3,17,18,19,20,21). The molecule has 0 aliphatic carbocycles. The molecule has 0 aliphatic rings. The first-order valence-electron chi connectivity index (χ1n) is 7.01. The summed E-state index contributed by atoms with van der Waals surface area (Å²) < 4.78 is 5.48. The highest BCUT2D eigenvalue weighted by Crippen LogP contribution is 2.24. The Bertz CT molecular complexity index is 797. The maximum atomic E-state index is 12.1. The fourth-order valence-corrected chi connectivity index (χ4v) is 2.17. The Hall–Kier alpha value is -3.02. The molecule has 0 spiro atoms. The van der Waals surface area contributed by atoms with Crippen LogP contribution in [0.5, 0.6) is 5.75 Å². The first-order chi connectivity index (χ1) is 10.8. The monoisotopic (exact) mass is 296 g/mol. The molecular weight excluding hydrogens is 280 g/mol. The number of hydrogen-bond acceptors (Lipinski definition) is 3. The molecule has 0 atom stereocenters. The number of nitrogens with zero attached hydrogens (tertiary/aromatic N) is 1. The number of aromatic nitrogens is 2. The minimum absolute atomic E-state index is 0.371. The Kier molecular flexibility index (Phi) is 3.91. The van der Waals surface area contributed by atoms with Crippen LogP contribution in [-0.4, -0.2) is 22.8 Å². The number of hydrogen-bond donors (Lipinski definition) is 3. The van der Waals surface area contributed by atoms with E-state index in [-0.39, 0.29) is 6.03 Å². The van der Waals surface area contributed by atoms with E-state index in [1.807, 2.05) is 49.4 Å². The molecule has 2 amide bonds. The Morgan fingerprint density at radius 2 is 1.91 bits per heavy atom. The number of urea groups is 1.